The maximum absolute atomic E-state index is 8.81. The van der Waals surface area contributed by atoms with Crippen LogP contribution in [0.25, 0.3) is 0 Å². The molecule has 0 radical (unpaired) electrons. The third-order valence-corrected chi connectivity index (χ3v) is 1.82. The van der Waals surface area contributed by atoms with Gasteiger partial charge in [-0.25, -0.2) is 4.98 Å². The molecule has 14 heavy (non-hydrogen) atoms. The first-order valence-electron chi connectivity index (χ1n) is 3.93. The van der Waals surface area contributed by atoms with Gasteiger partial charge in [-0.15, -0.1) is 0 Å². The molecule has 0 amide bonds. The highest BCUT2D eigenvalue weighted by molar-refractivity contribution is 6.32. The molecule has 1 aromatic heterocycles. The fourth-order valence-electron chi connectivity index (χ4n) is 0.824. The minimum Gasteiger partial charge on any atom is -0.394 e. The third kappa shape index (κ3) is 2.69. The van der Waals surface area contributed by atoms with E-state index in [0.29, 0.717) is 5.82 Å². The molecule has 0 unspecified atom stereocenters. The number of halogens is 1. The molecular formula is C7H11ClN4O2. The molecule has 0 aliphatic carbocycles. The summed E-state index contributed by atoms with van der Waals surface area (Å²) < 4.78 is 0. The number of nitrogens with two attached hydrogens (primary N) is 1. The van der Waals surface area contributed by atoms with Gasteiger partial charge in [0.05, 0.1) is 25.5 Å². The van der Waals surface area contributed by atoms with Crippen molar-refractivity contribution in [3.63, 3.8) is 0 Å². The number of hydrogen-bond acceptors (Lipinski definition) is 6. The number of hydrogen-bond donors (Lipinski definition) is 4. The highest BCUT2D eigenvalue weighted by Gasteiger charge is 2.09. The van der Waals surface area contributed by atoms with Gasteiger partial charge in [0.15, 0.2) is 5.82 Å². The molecule has 5 N–H and O–H groups in total. The van der Waals surface area contributed by atoms with Crippen LogP contribution in [-0.4, -0.2) is 39.4 Å². The molecule has 6 nitrogen and oxygen atoms in total. The van der Waals surface area contributed by atoms with Crippen molar-refractivity contribution in [1.29, 1.82) is 0 Å². The van der Waals surface area contributed by atoms with Crippen LogP contribution in [-0.2, 0) is 0 Å². The Morgan fingerprint density at radius 3 is 2.71 bits per heavy atom. The Bertz CT molecular complexity index is 306. The van der Waals surface area contributed by atoms with Gasteiger partial charge < -0.3 is 21.3 Å². The fraction of sp³-hybridized carbons (Fsp3) is 0.429. The predicted molar refractivity (Wildman–Crippen MR) is 53.0 cm³/mol. The number of aromatic nitrogens is 2. The molecule has 0 atom stereocenters. The predicted octanol–water partition coefficient (Wildman–Crippen LogP) is -0.523. The van der Waals surface area contributed by atoms with E-state index in [9.17, 15) is 0 Å². The summed E-state index contributed by atoms with van der Waals surface area (Å²) in [5, 5.41) is 20.6. The summed E-state index contributed by atoms with van der Waals surface area (Å²) in [5.41, 5.74) is 5.34. The molecule has 0 bridgehead atoms. The summed E-state index contributed by atoms with van der Waals surface area (Å²) in [6, 6.07) is -0.512. The minimum atomic E-state index is -0.512. The molecule has 0 aliphatic heterocycles. The van der Waals surface area contributed by atoms with E-state index in [2.05, 4.69) is 15.3 Å². The normalized spacial score (nSPS) is 10.6. The van der Waals surface area contributed by atoms with Crippen LogP contribution in [0, 0.1) is 0 Å². The van der Waals surface area contributed by atoms with Gasteiger partial charge in [-0.1, -0.05) is 11.6 Å². The van der Waals surface area contributed by atoms with Crippen LogP contribution < -0.4 is 11.1 Å². The lowest BCUT2D eigenvalue weighted by molar-refractivity contribution is 0.203. The number of aliphatic hydroxyl groups excluding tert-OH is 2. The summed E-state index contributed by atoms with van der Waals surface area (Å²) in [5.74, 6) is 0.374. The van der Waals surface area contributed by atoms with Crippen LogP contribution in [0.4, 0.5) is 11.8 Å². The van der Waals surface area contributed by atoms with E-state index in [0.717, 1.165) is 0 Å². The van der Waals surface area contributed by atoms with E-state index in [4.69, 9.17) is 27.5 Å². The standard InChI is InChI=1S/C7H11ClN4O2/c8-5-1-10-7(9)12-6(5)11-4(2-13)3-14/h1,4,13-14H,2-3H2,(H3,9,10,11,12). The summed E-state index contributed by atoms with van der Waals surface area (Å²) in [7, 11) is 0. The zero-order valence-corrected chi connectivity index (χ0v) is 8.07. The summed E-state index contributed by atoms with van der Waals surface area (Å²) >= 11 is 5.75. The van der Waals surface area contributed by atoms with E-state index in [1.807, 2.05) is 0 Å². The third-order valence-electron chi connectivity index (χ3n) is 1.54. The van der Waals surface area contributed by atoms with Crippen molar-refractivity contribution in [3.8, 4) is 0 Å². The van der Waals surface area contributed by atoms with E-state index in [1.165, 1.54) is 6.20 Å². The number of nitrogens with one attached hydrogen (secondary N) is 1. The van der Waals surface area contributed by atoms with Crippen molar-refractivity contribution in [1.82, 2.24) is 9.97 Å². The van der Waals surface area contributed by atoms with Gasteiger partial charge in [-0.2, -0.15) is 4.98 Å². The van der Waals surface area contributed by atoms with Crippen LogP contribution in [0.3, 0.4) is 0 Å². The molecule has 78 valence electrons. The van der Waals surface area contributed by atoms with Crippen molar-refractivity contribution in [2.45, 2.75) is 6.04 Å². The molecule has 7 heteroatoms. The highest BCUT2D eigenvalue weighted by Crippen LogP contribution is 2.18. The number of anilines is 2. The molecule has 0 saturated heterocycles. The smallest absolute Gasteiger partial charge is 0.222 e. The first-order chi connectivity index (χ1) is 6.67. The first-order valence-corrected chi connectivity index (χ1v) is 4.31. The van der Waals surface area contributed by atoms with Crippen LogP contribution in [0.15, 0.2) is 6.20 Å². The number of aliphatic hydroxyl groups is 2. The van der Waals surface area contributed by atoms with Gasteiger partial charge in [0.1, 0.15) is 5.02 Å². The number of nitrogen functional groups attached to an aromatic ring is 1. The summed E-state index contributed by atoms with van der Waals surface area (Å²) in [6.07, 6.45) is 1.35. The van der Waals surface area contributed by atoms with E-state index in [-0.39, 0.29) is 24.2 Å². The molecule has 0 spiro atoms. The Morgan fingerprint density at radius 1 is 1.50 bits per heavy atom. The number of nitrogens with zero attached hydrogens (tertiary/aromatic N) is 2. The zero-order valence-electron chi connectivity index (χ0n) is 7.31. The van der Waals surface area contributed by atoms with Crippen LogP contribution in [0.1, 0.15) is 0 Å². The van der Waals surface area contributed by atoms with Gasteiger partial charge in [0, 0.05) is 0 Å². The lowest BCUT2D eigenvalue weighted by Crippen LogP contribution is -2.28. The minimum absolute atomic E-state index is 0.0755. The molecule has 1 aromatic rings. The maximum atomic E-state index is 8.81. The second-order valence-corrected chi connectivity index (χ2v) is 3.04. The van der Waals surface area contributed by atoms with Gasteiger partial charge in [-0.05, 0) is 0 Å². The van der Waals surface area contributed by atoms with Crippen LogP contribution in [0.2, 0.25) is 5.02 Å². The largest absolute Gasteiger partial charge is 0.394 e. The fourth-order valence-corrected chi connectivity index (χ4v) is 0.970. The van der Waals surface area contributed by atoms with Crippen molar-refractivity contribution in [2.75, 3.05) is 24.3 Å². The van der Waals surface area contributed by atoms with Crippen LogP contribution in [0.5, 0.6) is 0 Å². The van der Waals surface area contributed by atoms with E-state index < -0.39 is 6.04 Å². The summed E-state index contributed by atoms with van der Waals surface area (Å²) in [4.78, 5) is 7.48. The SMILES string of the molecule is Nc1ncc(Cl)c(NC(CO)CO)n1. The van der Waals surface area contributed by atoms with Crippen molar-refractivity contribution >= 4 is 23.4 Å². The first kappa shape index (κ1) is 11.0. The van der Waals surface area contributed by atoms with E-state index >= 15 is 0 Å². The molecule has 0 fully saturated rings. The maximum Gasteiger partial charge on any atom is 0.222 e. The molecule has 0 aliphatic rings. The van der Waals surface area contributed by atoms with E-state index in [1.54, 1.807) is 0 Å². The zero-order chi connectivity index (χ0) is 10.6. The lowest BCUT2D eigenvalue weighted by atomic mass is 10.3. The van der Waals surface area contributed by atoms with Gasteiger partial charge in [0.25, 0.3) is 0 Å². The van der Waals surface area contributed by atoms with Crippen molar-refractivity contribution in [2.24, 2.45) is 0 Å². The van der Waals surface area contributed by atoms with Gasteiger partial charge in [-0.3, -0.25) is 0 Å². The Morgan fingerprint density at radius 2 is 2.14 bits per heavy atom. The summed E-state index contributed by atoms with van der Waals surface area (Å²) in [6.45, 7) is -0.451. The molecular weight excluding hydrogens is 208 g/mol. The Balaban J connectivity index is 2.79. The quantitative estimate of drug-likeness (QED) is 0.542. The average molecular weight is 219 g/mol. The number of rotatable bonds is 4. The monoisotopic (exact) mass is 218 g/mol. The van der Waals surface area contributed by atoms with Crippen molar-refractivity contribution in [3.05, 3.63) is 11.2 Å². The highest BCUT2D eigenvalue weighted by atomic mass is 35.5. The Kier molecular flexibility index (Phi) is 3.87. The molecule has 1 rings (SSSR count). The Hall–Kier alpha value is -1.11. The van der Waals surface area contributed by atoms with Gasteiger partial charge in [0.2, 0.25) is 5.95 Å². The average Bonchev–Trinajstić information content (AvgIpc) is 2.19. The molecule has 0 aromatic carbocycles. The topological polar surface area (TPSA) is 104 Å². The van der Waals surface area contributed by atoms with Crippen LogP contribution >= 0.6 is 11.6 Å². The second kappa shape index (κ2) is 4.94. The second-order valence-electron chi connectivity index (χ2n) is 2.63. The molecule has 1 heterocycles. The lowest BCUT2D eigenvalue weighted by Gasteiger charge is -2.14. The van der Waals surface area contributed by atoms with Gasteiger partial charge >= 0.3 is 0 Å². The Labute approximate surface area is 85.7 Å². The van der Waals surface area contributed by atoms with Crippen molar-refractivity contribution < 1.29 is 10.2 Å². The molecule has 0 saturated carbocycles.